The van der Waals surface area contributed by atoms with Gasteiger partial charge in [-0.2, -0.15) is 4.31 Å². The molecule has 1 aliphatic heterocycles. The third kappa shape index (κ3) is 5.13. The zero-order valence-corrected chi connectivity index (χ0v) is 17.4. The first kappa shape index (κ1) is 21.3. The topological polar surface area (TPSA) is 88.6 Å². The molecule has 0 aliphatic carbocycles. The molecule has 1 aliphatic rings. The van der Waals surface area contributed by atoms with Gasteiger partial charge >= 0.3 is 0 Å². The van der Waals surface area contributed by atoms with Crippen LogP contribution in [0.15, 0.2) is 53.6 Å². The van der Waals surface area contributed by atoms with Crippen LogP contribution >= 0.6 is 0 Å². The molecule has 1 amide bonds. The van der Waals surface area contributed by atoms with Crippen molar-refractivity contribution < 1.29 is 17.9 Å². The number of carbonyl (C=O) groups is 1. The van der Waals surface area contributed by atoms with Gasteiger partial charge in [0.25, 0.3) is 0 Å². The minimum absolute atomic E-state index is 0.207. The summed E-state index contributed by atoms with van der Waals surface area (Å²) >= 11 is 0. The number of amides is 1. The number of rotatable bonds is 9. The maximum absolute atomic E-state index is 12.9. The van der Waals surface area contributed by atoms with Crippen molar-refractivity contribution in [3.05, 3.63) is 54.2 Å². The van der Waals surface area contributed by atoms with Crippen LogP contribution in [0.1, 0.15) is 38.2 Å². The summed E-state index contributed by atoms with van der Waals surface area (Å²) < 4.78 is 32.9. The fraction of sp³-hybridized carbons (Fsp3) is 0.429. The Balaban J connectivity index is 1.67. The van der Waals surface area contributed by atoms with Crippen molar-refractivity contribution in [2.24, 2.45) is 0 Å². The molecule has 1 atom stereocenters. The molecule has 0 spiro atoms. The standard InChI is InChI=1S/C21H27N3O4S/c1-2-3-15-28-21-17(9-7-13-22-21)16-23-20(25)19-12-8-14-24(19)29(26,27)18-10-5-4-6-11-18/h4-7,9-11,13,19H,2-3,8,12,14-16H2,1H3,(H,23,25). The molecule has 0 bridgehead atoms. The van der Waals surface area contributed by atoms with Gasteiger partial charge in [-0.05, 0) is 37.5 Å². The molecule has 0 saturated carbocycles. The fourth-order valence-corrected chi connectivity index (χ4v) is 5.00. The summed E-state index contributed by atoms with van der Waals surface area (Å²) in [4.78, 5) is 17.2. The quantitative estimate of drug-likeness (QED) is 0.634. The maximum Gasteiger partial charge on any atom is 0.243 e. The van der Waals surface area contributed by atoms with Crippen molar-refractivity contribution in [1.82, 2.24) is 14.6 Å². The summed E-state index contributed by atoms with van der Waals surface area (Å²) in [5.74, 6) is 0.201. The van der Waals surface area contributed by atoms with Crippen LogP contribution in [0.25, 0.3) is 0 Å². The Hall–Kier alpha value is -2.45. The second-order valence-electron chi connectivity index (χ2n) is 6.97. The van der Waals surface area contributed by atoms with E-state index in [1.807, 2.05) is 6.07 Å². The molecular weight excluding hydrogens is 390 g/mol. The summed E-state index contributed by atoms with van der Waals surface area (Å²) in [5, 5.41) is 2.86. The highest BCUT2D eigenvalue weighted by molar-refractivity contribution is 7.89. The van der Waals surface area contributed by atoms with Crippen molar-refractivity contribution in [1.29, 1.82) is 0 Å². The Morgan fingerprint density at radius 1 is 1.24 bits per heavy atom. The first-order valence-corrected chi connectivity index (χ1v) is 11.4. The van der Waals surface area contributed by atoms with E-state index in [9.17, 15) is 13.2 Å². The molecule has 1 saturated heterocycles. The molecule has 156 valence electrons. The molecule has 0 radical (unpaired) electrons. The third-order valence-corrected chi connectivity index (χ3v) is 6.82. The third-order valence-electron chi connectivity index (χ3n) is 4.90. The van der Waals surface area contributed by atoms with E-state index in [1.54, 1.807) is 42.6 Å². The van der Waals surface area contributed by atoms with Gasteiger partial charge in [-0.25, -0.2) is 13.4 Å². The van der Waals surface area contributed by atoms with Crippen molar-refractivity contribution in [2.45, 2.75) is 50.1 Å². The van der Waals surface area contributed by atoms with Crippen LogP contribution < -0.4 is 10.1 Å². The van der Waals surface area contributed by atoms with Gasteiger partial charge in [0.2, 0.25) is 21.8 Å². The summed E-state index contributed by atoms with van der Waals surface area (Å²) in [6.45, 7) is 3.23. The van der Waals surface area contributed by atoms with Crippen LogP contribution in [0.4, 0.5) is 0 Å². The molecule has 1 aromatic heterocycles. The summed E-state index contributed by atoms with van der Waals surface area (Å²) in [7, 11) is -3.70. The Labute approximate surface area is 172 Å². The fourth-order valence-electron chi connectivity index (χ4n) is 3.32. The number of nitrogens with zero attached hydrogens (tertiary/aromatic N) is 2. The molecule has 1 fully saturated rings. The molecule has 8 heteroatoms. The zero-order valence-electron chi connectivity index (χ0n) is 16.6. The lowest BCUT2D eigenvalue weighted by Gasteiger charge is -2.23. The van der Waals surface area contributed by atoms with Gasteiger partial charge in [0.05, 0.1) is 11.5 Å². The lowest BCUT2D eigenvalue weighted by Crippen LogP contribution is -2.45. The summed E-state index contributed by atoms with van der Waals surface area (Å²) in [5.41, 5.74) is 0.771. The normalized spacial score (nSPS) is 17.2. The summed E-state index contributed by atoms with van der Waals surface area (Å²) in [6.07, 6.45) is 4.76. The average molecular weight is 418 g/mol. The number of nitrogens with one attached hydrogen (secondary N) is 1. The van der Waals surface area contributed by atoms with Crippen molar-refractivity contribution >= 4 is 15.9 Å². The number of carbonyl (C=O) groups excluding carboxylic acids is 1. The number of sulfonamides is 1. The van der Waals surface area contributed by atoms with Crippen LogP contribution in [-0.2, 0) is 21.4 Å². The average Bonchev–Trinajstić information content (AvgIpc) is 3.25. The van der Waals surface area contributed by atoms with E-state index in [0.717, 1.165) is 18.4 Å². The highest BCUT2D eigenvalue weighted by atomic mass is 32.2. The van der Waals surface area contributed by atoms with E-state index in [1.165, 1.54) is 4.31 Å². The highest BCUT2D eigenvalue weighted by Gasteiger charge is 2.39. The Morgan fingerprint density at radius 3 is 2.79 bits per heavy atom. The van der Waals surface area contributed by atoms with Crippen LogP contribution in [0.2, 0.25) is 0 Å². The molecule has 1 unspecified atom stereocenters. The lowest BCUT2D eigenvalue weighted by atomic mass is 10.2. The first-order valence-electron chi connectivity index (χ1n) is 9.95. The van der Waals surface area contributed by atoms with Gasteiger partial charge in [0.1, 0.15) is 6.04 Å². The SMILES string of the molecule is CCCCOc1ncccc1CNC(=O)C1CCCN1S(=O)(=O)c1ccccc1. The minimum atomic E-state index is -3.70. The van der Waals surface area contributed by atoms with E-state index in [0.29, 0.717) is 31.9 Å². The molecule has 2 aromatic rings. The van der Waals surface area contributed by atoms with Gasteiger partial charge < -0.3 is 10.1 Å². The number of ether oxygens (including phenoxy) is 1. The first-order chi connectivity index (χ1) is 14.0. The molecule has 7 nitrogen and oxygen atoms in total. The van der Waals surface area contributed by atoms with E-state index >= 15 is 0 Å². The van der Waals surface area contributed by atoms with Crippen LogP contribution in [0.5, 0.6) is 5.88 Å². The minimum Gasteiger partial charge on any atom is -0.477 e. The second kappa shape index (κ2) is 9.84. The smallest absolute Gasteiger partial charge is 0.243 e. The number of pyridine rings is 1. The number of aromatic nitrogens is 1. The number of hydrogen-bond acceptors (Lipinski definition) is 5. The predicted molar refractivity (Wildman–Crippen MR) is 110 cm³/mol. The van der Waals surface area contributed by atoms with Crippen molar-refractivity contribution in [2.75, 3.05) is 13.2 Å². The van der Waals surface area contributed by atoms with Crippen LogP contribution in [0.3, 0.4) is 0 Å². The maximum atomic E-state index is 12.9. The van der Waals surface area contributed by atoms with Gasteiger partial charge in [-0.3, -0.25) is 4.79 Å². The van der Waals surface area contributed by atoms with Gasteiger partial charge in [-0.1, -0.05) is 37.6 Å². The molecular formula is C21H27N3O4S. The van der Waals surface area contributed by atoms with Crippen LogP contribution in [-0.4, -0.2) is 42.8 Å². The molecule has 29 heavy (non-hydrogen) atoms. The highest BCUT2D eigenvalue weighted by Crippen LogP contribution is 2.26. The van der Waals surface area contributed by atoms with E-state index < -0.39 is 16.1 Å². The van der Waals surface area contributed by atoms with Gasteiger partial charge in [0, 0.05) is 24.8 Å². The Morgan fingerprint density at radius 2 is 2.03 bits per heavy atom. The van der Waals surface area contributed by atoms with Crippen molar-refractivity contribution in [3.63, 3.8) is 0 Å². The van der Waals surface area contributed by atoms with E-state index in [2.05, 4.69) is 17.2 Å². The molecule has 1 aromatic carbocycles. The number of unbranched alkanes of at least 4 members (excludes halogenated alkanes) is 1. The Bertz CT molecular complexity index is 919. The Kier molecular flexibility index (Phi) is 7.22. The summed E-state index contributed by atoms with van der Waals surface area (Å²) in [6, 6.07) is 11.2. The number of benzene rings is 1. The molecule has 2 heterocycles. The monoisotopic (exact) mass is 417 g/mol. The van der Waals surface area contributed by atoms with Crippen molar-refractivity contribution in [3.8, 4) is 5.88 Å². The zero-order chi connectivity index (χ0) is 20.7. The predicted octanol–water partition coefficient (Wildman–Crippen LogP) is 2.73. The van der Waals surface area contributed by atoms with Gasteiger partial charge in [-0.15, -0.1) is 0 Å². The molecule has 1 N–H and O–H groups in total. The van der Waals surface area contributed by atoms with E-state index in [4.69, 9.17) is 4.74 Å². The van der Waals surface area contributed by atoms with Crippen LogP contribution in [0, 0.1) is 0 Å². The number of hydrogen-bond donors (Lipinski definition) is 1. The van der Waals surface area contributed by atoms with E-state index in [-0.39, 0.29) is 17.3 Å². The largest absolute Gasteiger partial charge is 0.477 e. The lowest BCUT2D eigenvalue weighted by molar-refractivity contribution is -0.124. The molecule has 3 rings (SSSR count). The van der Waals surface area contributed by atoms with Gasteiger partial charge in [0.15, 0.2) is 0 Å². The second-order valence-corrected chi connectivity index (χ2v) is 8.86.